The van der Waals surface area contributed by atoms with Gasteiger partial charge in [0.05, 0.1) is 57.6 Å². The number of nitrogens with zero attached hydrogens (tertiary/aromatic N) is 5. The van der Waals surface area contributed by atoms with Gasteiger partial charge in [-0.1, -0.05) is 91.0 Å². The highest BCUT2D eigenvalue weighted by Gasteiger charge is 2.20. The van der Waals surface area contributed by atoms with E-state index in [-0.39, 0.29) is 0 Å². The molecule has 5 nitrogen and oxygen atoms in total. The van der Waals surface area contributed by atoms with Gasteiger partial charge in [-0.05, 0) is 82.7 Å². The molecule has 0 aliphatic carbocycles. The van der Waals surface area contributed by atoms with E-state index in [9.17, 15) is 10.5 Å². The van der Waals surface area contributed by atoms with Crippen LogP contribution in [0.2, 0.25) is 0 Å². The maximum atomic E-state index is 10.0. The van der Waals surface area contributed by atoms with Crippen LogP contribution in [0, 0.1) is 29.2 Å². The van der Waals surface area contributed by atoms with Gasteiger partial charge in [0.1, 0.15) is 0 Å². The Morgan fingerprint density at radius 1 is 0.480 bits per heavy atom. The molecule has 50 heavy (non-hydrogen) atoms. The molecule has 0 atom stereocenters. The van der Waals surface area contributed by atoms with Crippen molar-refractivity contribution in [2.45, 2.75) is 0 Å². The second-order valence-corrected chi connectivity index (χ2v) is 12.3. The SMILES string of the molecule is [C-]#[N+]c1cccc2c3cc(C#N)ccc3n(-c3cccc(-c4cc(C#N)ccc4-c4ccccc4-n4c5ccccc5c5ccccc54)c3)c12. The Labute approximate surface area is 288 Å². The van der Waals surface area contributed by atoms with Crippen LogP contribution in [-0.4, -0.2) is 9.13 Å². The fraction of sp³-hybridized carbons (Fsp3) is 0. The van der Waals surface area contributed by atoms with Gasteiger partial charge in [0.2, 0.25) is 5.69 Å². The van der Waals surface area contributed by atoms with Crippen LogP contribution in [0.5, 0.6) is 0 Å². The molecule has 9 rings (SSSR count). The maximum absolute atomic E-state index is 10.0. The standard InChI is InChI=1S/C45H25N5/c1-48-40-16-9-15-37-39-25-30(28-47)21-23-44(39)49(45(37)40)32-11-8-10-31(26-32)38-24-29(27-46)20-22-33(38)34-12-2-5-17-41(34)50-42-18-6-3-13-35(42)36-14-4-7-19-43(36)50/h2-26H. The van der Waals surface area contributed by atoms with E-state index in [1.54, 1.807) is 0 Å². The van der Waals surface area contributed by atoms with Crippen LogP contribution in [0.15, 0.2) is 152 Å². The van der Waals surface area contributed by atoms with Crippen molar-refractivity contribution in [3.8, 4) is 45.8 Å². The van der Waals surface area contributed by atoms with Crippen molar-refractivity contribution >= 4 is 49.3 Å². The third-order valence-electron chi connectivity index (χ3n) is 9.59. The van der Waals surface area contributed by atoms with E-state index in [0.29, 0.717) is 16.8 Å². The molecule has 0 bridgehead atoms. The minimum Gasteiger partial charge on any atom is -0.319 e. The number of rotatable bonds is 4. The fourth-order valence-corrected chi connectivity index (χ4v) is 7.46. The molecule has 7 aromatic carbocycles. The third kappa shape index (κ3) is 4.31. The summed E-state index contributed by atoms with van der Waals surface area (Å²) in [5.74, 6) is 0. The Balaban J connectivity index is 1.30. The molecule has 0 aliphatic heterocycles. The molecule has 0 fully saturated rings. The molecular weight excluding hydrogens is 611 g/mol. The van der Waals surface area contributed by atoms with Gasteiger partial charge >= 0.3 is 0 Å². The lowest BCUT2D eigenvalue weighted by Crippen LogP contribution is -1.99. The van der Waals surface area contributed by atoms with E-state index in [1.807, 2.05) is 66.7 Å². The molecule has 0 unspecified atom stereocenters. The first kappa shape index (κ1) is 28.8. The minimum atomic E-state index is 0.537. The second kappa shape index (κ2) is 11.4. The molecule has 2 heterocycles. The predicted molar refractivity (Wildman–Crippen MR) is 202 cm³/mol. The summed E-state index contributed by atoms with van der Waals surface area (Å²) in [6.45, 7) is 7.99. The average molecular weight is 636 g/mol. The zero-order valence-corrected chi connectivity index (χ0v) is 26.7. The van der Waals surface area contributed by atoms with Gasteiger partial charge in [0, 0.05) is 27.4 Å². The van der Waals surface area contributed by atoms with Gasteiger partial charge in [-0.25, -0.2) is 4.85 Å². The second-order valence-electron chi connectivity index (χ2n) is 12.3. The van der Waals surface area contributed by atoms with Crippen molar-refractivity contribution in [3.63, 3.8) is 0 Å². The lowest BCUT2D eigenvalue weighted by Gasteiger charge is -2.18. The number of para-hydroxylation sites is 4. The van der Waals surface area contributed by atoms with Gasteiger partial charge in [-0.15, -0.1) is 0 Å². The molecule has 2 aromatic heterocycles. The average Bonchev–Trinajstić information content (AvgIpc) is 3.70. The van der Waals surface area contributed by atoms with Crippen molar-refractivity contribution in [3.05, 3.63) is 174 Å². The largest absolute Gasteiger partial charge is 0.319 e. The highest BCUT2D eigenvalue weighted by molar-refractivity contribution is 6.14. The molecule has 9 aromatic rings. The van der Waals surface area contributed by atoms with Crippen molar-refractivity contribution in [2.24, 2.45) is 0 Å². The summed E-state index contributed by atoms with van der Waals surface area (Å²) >= 11 is 0. The molecule has 0 spiro atoms. The minimum absolute atomic E-state index is 0.537. The molecule has 0 aliphatic rings. The summed E-state index contributed by atoms with van der Waals surface area (Å²) in [4.78, 5) is 3.88. The molecule has 0 saturated heterocycles. The number of benzene rings is 7. The first-order valence-electron chi connectivity index (χ1n) is 16.3. The van der Waals surface area contributed by atoms with E-state index < -0.39 is 0 Å². The number of hydrogen-bond donors (Lipinski definition) is 0. The van der Waals surface area contributed by atoms with Crippen LogP contribution in [0.1, 0.15) is 11.1 Å². The summed E-state index contributed by atoms with van der Waals surface area (Å²) < 4.78 is 4.44. The molecule has 0 saturated carbocycles. The first-order chi connectivity index (χ1) is 24.7. The quantitative estimate of drug-likeness (QED) is 0.181. The normalized spacial score (nSPS) is 11.1. The Morgan fingerprint density at radius 3 is 1.88 bits per heavy atom. The van der Waals surface area contributed by atoms with Crippen LogP contribution >= 0.6 is 0 Å². The van der Waals surface area contributed by atoms with E-state index in [4.69, 9.17) is 6.57 Å². The predicted octanol–water partition coefficient (Wildman–Crippen LogP) is 11.5. The molecular formula is C45H25N5. The lowest BCUT2D eigenvalue weighted by atomic mass is 9.91. The third-order valence-corrected chi connectivity index (χ3v) is 9.59. The highest BCUT2D eigenvalue weighted by Crippen LogP contribution is 2.42. The van der Waals surface area contributed by atoms with Gasteiger partial charge < -0.3 is 9.13 Å². The Hall–Kier alpha value is -7.39. The van der Waals surface area contributed by atoms with Crippen LogP contribution in [0.3, 0.4) is 0 Å². The van der Waals surface area contributed by atoms with E-state index in [0.717, 1.165) is 66.5 Å². The molecule has 5 heteroatoms. The lowest BCUT2D eigenvalue weighted by molar-refractivity contribution is 1.18. The highest BCUT2D eigenvalue weighted by atomic mass is 15.0. The summed E-state index contributed by atoms with van der Waals surface area (Å²) in [5.41, 5.74) is 11.5. The van der Waals surface area contributed by atoms with Crippen LogP contribution in [0.4, 0.5) is 5.69 Å². The van der Waals surface area contributed by atoms with Crippen LogP contribution < -0.4 is 0 Å². The van der Waals surface area contributed by atoms with Gasteiger partial charge in [0.15, 0.2) is 0 Å². The van der Waals surface area contributed by atoms with Crippen molar-refractivity contribution in [1.82, 2.24) is 9.13 Å². The zero-order valence-electron chi connectivity index (χ0n) is 26.7. The fourth-order valence-electron chi connectivity index (χ4n) is 7.46. The summed E-state index contributed by atoms with van der Waals surface area (Å²) in [7, 11) is 0. The summed E-state index contributed by atoms with van der Waals surface area (Å²) in [5, 5.41) is 23.9. The summed E-state index contributed by atoms with van der Waals surface area (Å²) in [6, 6.07) is 55.6. The topological polar surface area (TPSA) is 61.8 Å². The molecule has 0 N–H and O–H groups in total. The molecule has 0 radical (unpaired) electrons. The Kier molecular flexibility index (Phi) is 6.56. The molecule has 230 valence electrons. The Morgan fingerprint density at radius 2 is 1.12 bits per heavy atom. The van der Waals surface area contributed by atoms with Gasteiger partial charge in [0.25, 0.3) is 0 Å². The van der Waals surface area contributed by atoms with Crippen LogP contribution in [-0.2, 0) is 0 Å². The van der Waals surface area contributed by atoms with Gasteiger partial charge in [-0.2, -0.15) is 10.5 Å². The Bertz CT molecular complexity index is 2920. The van der Waals surface area contributed by atoms with E-state index in [1.165, 1.54) is 10.8 Å². The maximum Gasteiger partial charge on any atom is 0.211 e. The van der Waals surface area contributed by atoms with Crippen molar-refractivity contribution < 1.29 is 0 Å². The van der Waals surface area contributed by atoms with Crippen molar-refractivity contribution in [1.29, 1.82) is 10.5 Å². The van der Waals surface area contributed by atoms with Gasteiger partial charge in [-0.3, -0.25) is 0 Å². The van der Waals surface area contributed by atoms with E-state index >= 15 is 0 Å². The van der Waals surface area contributed by atoms with E-state index in [2.05, 4.69) is 111 Å². The summed E-state index contributed by atoms with van der Waals surface area (Å²) in [6.07, 6.45) is 0. The monoisotopic (exact) mass is 635 g/mol. The number of nitriles is 2. The number of hydrogen-bond acceptors (Lipinski definition) is 2. The number of aromatic nitrogens is 2. The van der Waals surface area contributed by atoms with Crippen molar-refractivity contribution in [2.75, 3.05) is 0 Å². The molecule has 0 amide bonds. The van der Waals surface area contributed by atoms with Crippen LogP contribution in [0.25, 0.3) is 82.1 Å². The first-order valence-corrected chi connectivity index (χ1v) is 16.3. The zero-order chi connectivity index (χ0) is 33.8. The smallest absolute Gasteiger partial charge is 0.211 e. The number of fused-ring (bicyclic) bond motifs is 6.